The van der Waals surface area contributed by atoms with Crippen molar-refractivity contribution in [2.45, 2.75) is 71.3 Å². The first-order chi connectivity index (χ1) is 9.04. The Kier molecular flexibility index (Phi) is 6.89. The Balaban J connectivity index is 2.33. The van der Waals surface area contributed by atoms with Crippen LogP contribution in [-0.2, 0) is 9.59 Å². The van der Waals surface area contributed by atoms with Crippen LogP contribution in [0.4, 0.5) is 0 Å². The maximum Gasteiger partial charge on any atom is 0.240 e. The van der Waals surface area contributed by atoms with Crippen LogP contribution in [0, 0.1) is 11.8 Å². The van der Waals surface area contributed by atoms with E-state index in [9.17, 15) is 9.59 Å². The molecule has 2 atom stereocenters. The molecular weight excluding hydrogens is 240 g/mol. The maximum absolute atomic E-state index is 11.9. The van der Waals surface area contributed by atoms with Crippen LogP contribution in [0.3, 0.4) is 0 Å². The molecule has 0 spiro atoms. The van der Waals surface area contributed by atoms with Gasteiger partial charge in [-0.25, -0.2) is 0 Å². The minimum atomic E-state index is -0.524. The Morgan fingerprint density at radius 1 is 1.26 bits per heavy atom. The lowest BCUT2D eigenvalue weighted by atomic mass is 9.86. The van der Waals surface area contributed by atoms with Crippen LogP contribution in [0.15, 0.2) is 0 Å². The van der Waals surface area contributed by atoms with E-state index in [0.29, 0.717) is 12.3 Å². The third-order valence-corrected chi connectivity index (χ3v) is 4.34. The summed E-state index contributed by atoms with van der Waals surface area (Å²) in [5.41, 5.74) is 5.35. The second-order valence-electron chi connectivity index (χ2n) is 5.88. The lowest BCUT2D eigenvalue weighted by Crippen LogP contribution is -2.48. The summed E-state index contributed by atoms with van der Waals surface area (Å²) in [5, 5.41) is 2.79. The average Bonchev–Trinajstić information content (AvgIpc) is 2.42. The van der Waals surface area contributed by atoms with Gasteiger partial charge in [-0.1, -0.05) is 52.4 Å². The van der Waals surface area contributed by atoms with E-state index >= 15 is 0 Å². The molecule has 0 aromatic carbocycles. The normalized spacial score (nSPS) is 19.7. The second-order valence-corrected chi connectivity index (χ2v) is 5.88. The highest BCUT2D eigenvalue weighted by Gasteiger charge is 2.24. The molecule has 4 heteroatoms. The largest absolute Gasteiger partial charge is 0.368 e. The van der Waals surface area contributed by atoms with Gasteiger partial charge in [0.1, 0.15) is 6.04 Å². The fourth-order valence-corrected chi connectivity index (χ4v) is 2.79. The predicted molar refractivity (Wildman–Crippen MR) is 76.4 cm³/mol. The number of amides is 2. The standard InChI is InChI=1S/C15H28N2O2/c1-3-11(2)14(15(16)19)17-13(18)10-9-12-7-5-4-6-8-12/h11-12,14H,3-10H2,1-2H3,(H2,16,19)(H,17,18)/t11-,14?/m0/s1. The molecule has 1 rings (SSSR count). The molecule has 1 unspecified atom stereocenters. The second kappa shape index (κ2) is 8.18. The zero-order valence-corrected chi connectivity index (χ0v) is 12.3. The molecular formula is C15H28N2O2. The van der Waals surface area contributed by atoms with Crippen molar-refractivity contribution in [2.24, 2.45) is 17.6 Å². The summed E-state index contributed by atoms with van der Waals surface area (Å²) in [6.45, 7) is 3.94. The fraction of sp³-hybridized carbons (Fsp3) is 0.867. The monoisotopic (exact) mass is 268 g/mol. The van der Waals surface area contributed by atoms with Crippen molar-refractivity contribution in [3.8, 4) is 0 Å². The average molecular weight is 268 g/mol. The molecule has 0 bridgehead atoms. The van der Waals surface area contributed by atoms with Crippen molar-refractivity contribution in [1.82, 2.24) is 5.32 Å². The lowest BCUT2D eigenvalue weighted by molar-refractivity contribution is -0.128. The lowest BCUT2D eigenvalue weighted by Gasteiger charge is -2.23. The van der Waals surface area contributed by atoms with Crippen molar-refractivity contribution < 1.29 is 9.59 Å². The van der Waals surface area contributed by atoms with Gasteiger partial charge in [0.25, 0.3) is 0 Å². The first-order valence-corrected chi connectivity index (χ1v) is 7.63. The predicted octanol–water partition coefficient (Wildman–Crippen LogP) is 2.36. The van der Waals surface area contributed by atoms with Gasteiger partial charge in [-0.15, -0.1) is 0 Å². The van der Waals surface area contributed by atoms with Gasteiger partial charge in [-0.05, 0) is 18.3 Å². The van der Waals surface area contributed by atoms with Gasteiger partial charge in [0, 0.05) is 6.42 Å². The number of nitrogens with one attached hydrogen (secondary N) is 1. The van der Waals surface area contributed by atoms with Crippen molar-refractivity contribution in [1.29, 1.82) is 0 Å². The summed E-state index contributed by atoms with van der Waals surface area (Å²) in [5.74, 6) is 0.321. The van der Waals surface area contributed by atoms with Gasteiger partial charge in [-0.3, -0.25) is 9.59 Å². The molecule has 0 radical (unpaired) electrons. The van der Waals surface area contributed by atoms with Crippen LogP contribution in [0.5, 0.6) is 0 Å². The van der Waals surface area contributed by atoms with Crippen molar-refractivity contribution in [3.05, 3.63) is 0 Å². The van der Waals surface area contributed by atoms with Crippen LogP contribution >= 0.6 is 0 Å². The smallest absolute Gasteiger partial charge is 0.240 e. The number of rotatable bonds is 7. The highest BCUT2D eigenvalue weighted by atomic mass is 16.2. The molecule has 0 saturated heterocycles. The minimum Gasteiger partial charge on any atom is -0.368 e. The SMILES string of the molecule is CC[C@H](C)C(NC(=O)CCC1CCCCC1)C(N)=O. The van der Waals surface area contributed by atoms with Crippen LogP contribution in [0.1, 0.15) is 65.2 Å². The molecule has 0 heterocycles. The van der Waals surface area contributed by atoms with E-state index in [-0.39, 0.29) is 11.8 Å². The molecule has 1 aliphatic rings. The maximum atomic E-state index is 11.9. The third-order valence-electron chi connectivity index (χ3n) is 4.34. The van der Waals surface area contributed by atoms with Crippen molar-refractivity contribution in [3.63, 3.8) is 0 Å². The fourth-order valence-electron chi connectivity index (χ4n) is 2.79. The number of primary amides is 1. The van der Waals surface area contributed by atoms with Gasteiger partial charge in [-0.2, -0.15) is 0 Å². The summed E-state index contributed by atoms with van der Waals surface area (Å²) < 4.78 is 0. The van der Waals surface area contributed by atoms with E-state index in [4.69, 9.17) is 5.73 Å². The Hall–Kier alpha value is -1.06. The zero-order valence-electron chi connectivity index (χ0n) is 12.3. The highest BCUT2D eigenvalue weighted by molar-refractivity contribution is 5.86. The molecule has 1 aliphatic carbocycles. The quantitative estimate of drug-likeness (QED) is 0.744. The van der Waals surface area contributed by atoms with Crippen LogP contribution in [0.25, 0.3) is 0 Å². The van der Waals surface area contributed by atoms with E-state index < -0.39 is 11.9 Å². The van der Waals surface area contributed by atoms with E-state index in [1.165, 1.54) is 32.1 Å². The molecule has 3 N–H and O–H groups in total. The van der Waals surface area contributed by atoms with Crippen molar-refractivity contribution in [2.75, 3.05) is 0 Å². The Morgan fingerprint density at radius 2 is 1.89 bits per heavy atom. The summed E-state index contributed by atoms with van der Waals surface area (Å²) in [6, 6.07) is -0.524. The molecule has 0 aromatic rings. The Bertz CT molecular complexity index is 299. The summed E-state index contributed by atoms with van der Waals surface area (Å²) in [7, 11) is 0. The summed E-state index contributed by atoms with van der Waals surface area (Å²) in [4.78, 5) is 23.3. The summed E-state index contributed by atoms with van der Waals surface area (Å²) in [6.07, 6.45) is 8.71. The third kappa shape index (κ3) is 5.62. The number of hydrogen-bond acceptors (Lipinski definition) is 2. The Morgan fingerprint density at radius 3 is 2.42 bits per heavy atom. The summed E-state index contributed by atoms with van der Waals surface area (Å²) >= 11 is 0. The molecule has 0 aliphatic heterocycles. The molecule has 19 heavy (non-hydrogen) atoms. The number of hydrogen-bond donors (Lipinski definition) is 2. The molecule has 1 saturated carbocycles. The molecule has 2 amide bonds. The number of nitrogens with two attached hydrogens (primary N) is 1. The first kappa shape index (κ1) is 16.0. The number of carbonyl (C=O) groups excluding carboxylic acids is 2. The molecule has 0 aromatic heterocycles. The van der Waals surface area contributed by atoms with Gasteiger partial charge < -0.3 is 11.1 Å². The van der Waals surface area contributed by atoms with Gasteiger partial charge in [0.2, 0.25) is 11.8 Å². The van der Waals surface area contributed by atoms with Crippen LogP contribution in [0.2, 0.25) is 0 Å². The van der Waals surface area contributed by atoms with E-state index in [2.05, 4.69) is 5.32 Å². The van der Waals surface area contributed by atoms with Crippen LogP contribution in [-0.4, -0.2) is 17.9 Å². The minimum absolute atomic E-state index is 0.0327. The van der Waals surface area contributed by atoms with E-state index in [1.54, 1.807) is 0 Å². The van der Waals surface area contributed by atoms with Crippen molar-refractivity contribution >= 4 is 11.8 Å². The van der Waals surface area contributed by atoms with E-state index in [0.717, 1.165) is 12.8 Å². The number of carbonyl (C=O) groups is 2. The molecule has 110 valence electrons. The zero-order chi connectivity index (χ0) is 14.3. The topological polar surface area (TPSA) is 72.2 Å². The molecule has 4 nitrogen and oxygen atoms in total. The first-order valence-electron chi connectivity index (χ1n) is 7.63. The molecule has 1 fully saturated rings. The highest BCUT2D eigenvalue weighted by Crippen LogP contribution is 2.27. The van der Waals surface area contributed by atoms with Gasteiger partial charge in [0.05, 0.1) is 0 Å². The Labute approximate surface area is 116 Å². The van der Waals surface area contributed by atoms with Gasteiger partial charge in [0.15, 0.2) is 0 Å². The van der Waals surface area contributed by atoms with Gasteiger partial charge >= 0.3 is 0 Å². The van der Waals surface area contributed by atoms with Crippen LogP contribution < -0.4 is 11.1 Å². The van der Waals surface area contributed by atoms with E-state index in [1.807, 2.05) is 13.8 Å².